The second-order valence-electron chi connectivity index (χ2n) is 2.01. The molecule has 0 aliphatic carbocycles. The number of rotatable bonds is 0. The third-order valence-electron chi connectivity index (χ3n) is 0.951. The first-order valence-corrected chi connectivity index (χ1v) is 2.76. The van der Waals surface area contributed by atoms with Gasteiger partial charge in [-0.15, -0.1) is 13.2 Å². The van der Waals surface area contributed by atoms with Crippen molar-refractivity contribution in [3.63, 3.8) is 0 Å². The standard InChI is InChI=1S/C5H5F3N2O/c1-10-2-4(9-3-10)11-5(6,7)8/h2H2,1H3. The molecule has 62 valence electrons. The molecule has 0 saturated heterocycles. The molecule has 1 aliphatic heterocycles. The van der Waals surface area contributed by atoms with Crippen LogP contribution in [0.2, 0.25) is 0 Å². The Morgan fingerprint density at radius 3 is 2.64 bits per heavy atom. The summed E-state index contributed by atoms with van der Waals surface area (Å²) in [4.78, 5) is 4.61. The van der Waals surface area contributed by atoms with Crippen molar-refractivity contribution in [2.75, 3.05) is 13.6 Å². The molecular formula is C5H5F3N2O. The van der Waals surface area contributed by atoms with Crippen molar-refractivity contribution in [1.29, 1.82) is 0 Å². The van der Waals surface area contributed by atoms with Gasteiger partial charge in [-0.05, 0) is 7.05 Å². The van der Waals surface area contributed by atoms with Crippen LogP contribution in [0.3, 0.4) is 0 Å². The predicted octanol–water partition coefficient (Wildman–Crippen LogP) is 0.863. The molecule has 0 N–H and O–H groups in total. The lowest BCUT2D eigenvalue weighted by Gasteiger charge is -2.08. The topological polar surface area (TPSA) is 24.8 Å². The minimum absolute atomic E-state index is 0.0134. The van der Waals surface area contributed by atoms with Crippen molar-refractivity contribution < 1.29 is 17.9 Å². The molecule has 0 saturated carbocycles. The van der Waals surface area contributed by atoms with Crippen LogP contribution in [-0.2, 0) is 4.74 Å². The van der Waals surface area contributed by atoms with Gasteiger partial charge in [-0.1, -0.05) is 0 Å². The average Bonchev–Trinajstić information content (AvgIpc) is 2.10. The molecular weight excluding hydrogens is 161 g/mol. The first-order chi connectivity index (χ1) is 4.97. The van der Waals surface area contributed by atoms with E-state index in [1.54, 1.807) is 7.05 Å². The predicted molar refractivity (Wildman–Crippen MR) is 30.4 cm³/mol. The second kappa shape index (κ2) is 2.69. The SMILES string of the molecule is CN1[C]N=C(OC(F)(F)F)C1. The molecule has 0 atom stereocenters. The number of ether oxygens (including phenoxy) is 1. The monoisotopic (exact) mass is 166 g/mol. The van der Waals surface area contributed by atoms with Crippen molar-refractivity contribution in [1.82, 2.24) is 4.90 Å². The highest BCUT2D eigenvalue weighted by atomic mass is 19.4. The third-order valence-corrected chi connectivity index (χ3v) is 0.951. The van der Waals surface area contributed by atoms with Crippen LogP contribution in [0.1, 0.15) is 0 Å². The van der Waals surface area contributed by atoms with Crippen molar-refractivity contribution in [3.8, 4) is 0 Å². The average molecular weight is 166 g/mol. The van der Waals surface area contributed by atoms with Gasteiger partial charge in [0.25, 0.3) is 0 Å². The highest BCUT2D eigenvalue weighted by Crippen LogP contribution is 2.18. The van der Waals surface area contributed by atoms with Gasteiger partial charge in [0.15, 0.2) is 0 Å². The summed E-state index contributed by atoms with van der Waals surface area (Å²) in [7, 11) is 1.55. The summed E-state index contributed by atoms with van der Waals surface area (Å²) in [5.41, 5.74) is 0. The highest BCUT2D eigenvalue weighted by molar-refractivity contribution is 5.80. The Morgan fingerprint density at radius 2 is 2.27 bits per heavy atom. The summed E-state index contributed by atoms with van der Waals surface area (Å²) >= 11 is 0. The van der Waals surface area contributed by atoms with Crippen LogP contribution in [0.4, 0.5) is 13.2 Å². The van der Waals surface area contributed by atoms with Crippen LogP contribution >= 0.6 is 0 Å². The molecule has 11 heavy (non-hydrogen) atoms. The maximum absolute atomic E-state index is 11.5. The van der Waals surface area contributed by atoms with E-state index in [1.807, 2.05) is 0 Å². The van der Waals surface area contributed by atoms with E-state index < -0.39 is 6.36 Å². The van der Waals surface area contributed by atoms with Crippen molar-refractivity contribution >= 4 is 5.90 Å². The van der Waals surface area contributed by atoms with E-state index in [4.69, 9.17) is 0 Å². The molecule has 0 amide bonds. The van der Waals surface area contributed by atoms with Gasteiger partial charge in [0.05, 0.1) is 6.54 Å². The summed E-state index contributed by atoms with van der Waals surface area (Å²) in [5, 5.41) is 0. The van der Waals surface area contributed by atoms with Crippen LogP contribution in [-0.4, -0.2) is 30.8 Å². The van der Waals surface area contributed by atoms with Gasteiger partial charge >= 0.3 is 6.36 Å². The lowest BCUT2D eigenvalue weighted by Crippen LogP contribution is -2.24. The van der Waals surface area contributed by atoms with E-state index in [9.17, 15) is 13.2 Å². The molecule has 3 nitrogen and oxygen atoms in total. The van der Waals surface area contributed by atoms with Gasteiger partial charge in [0.1, 0.15) is 0 Å². The Bertz CT molecular complexity index is 177. The van der Waals surface area contributed by atoms with E-state index in [1.165, 1.54) is 4.90 Å². The minimum Gasteiger partial charge on any atom is -0.391 e. The Morgan fingerprint density at radius 1 is 1.64 bits per heavy atom. The van der Waals surface area contributed by atoms with Crippen LogP contribution < -0.4 is 0 Å². The van der Waals surface area contributed by atoms with Crippen molar-refractivity contribution in [2.45, 2.75) is 6.36 Å². The number of aliphatic imine (C=N–C) groups is 1. The molecule has 0 aromatic heterocycles. The van der Waals surface area contributed by atoms with E-state index >= 15 is 0 Å². The Hall–Kier alpha value is -0.780. The van der Waals surface area contributed by atoms with E-state index in [-0.39, 0.29) is 12.4 Å². The molecule has 0 aromatic carbocycles. The zero-order valence-electron chi connectivity index (χ0n) is 5.64. The van der Waals surface area contributed by atoms with Gasteiger partial charge in [-0.3, -0.25) is 4.90 Å². The van der Waals surface area contributed by atoms with Crippen LogP contribution in [0.15, 0.2) is 4.99 Å². The quantitative estimate of drug-likeness (QED) is 0.533. The number of alkyl halides is 3. The lowest BCUT2D eigenvalue weighted by molar-refractivity contribution is -0.283. The molecule has 1 aliphatic rings. The number of nitrogens with zero attached hydrogens (tertiary/aromatic N) is 2. The molecule has 0 unspecified atom stereocenters. The summed E-state index contributed by atoms with van der Waals surface area (Å²) in [6, 6.07) is 0. The molecule has 0 aromatic rings. The molecule has 0 bridgehead atoms. The number of likely N-dealkylation sites (N-methyl/N-ethyl adjacent to an activating group) is 1. The summed E-state index contributed by atoms with van der Waals surface area (Å²) < 4.78 is 38.0. The van der Waals surface area contributed by atoms with E-state index in [2.05, 4.69) is 16.4 Å². The molecule has 0 fully saturated rings. The van der Waals surface area contributed by atoms with Gasteiger partial charge in [-0.25, -0.2) is 4.99 Å². The van der Waals surface area contributed by atoms with Crippen molar-refractivity contribution in [2.24, 2.45) is 4.99 Å². The zero-order valence-corrected chi connectivity index (χ0v) is 5.64. The molecule has 1 rings (SSSR count). The molecule has 1 heterocycles. The second-order valence-corrected chi connectivity index (χ2v) is 2.01. The summed E-state index contributed by atoms with van der Waals surface area (Å²) in [5.74, 6) is -0.375. The molecule has 2 radical (unpaired) electrons. The first-order valence-electron chi connectivity index (χ1n) is 2.76. The van der Waals surface area contributed by atoms with Crippen LogP contribution in [0.25, 0.3) is 0 Å². The van der Waals surface area contributed by atoms with Crippen LogP contribution in [0, 0.1) is 6.67 Å². The highest BCUT2D eigenvalue weighted by Gasteiger charge is 2.34. The third kappa shape index (κ3) is 2.75. The minimum atomic E-state index is -4.65. The van der Waals surface area contributed by atoms with Crippen molar-refractivity contribution in [3.05, 3.63) is 6.67 Å². The van der Waals surface area contributed by atoms with Crippen LogP contribution in [0.5, 0.6) is 0 Å². The fourth-order valence-electron chi connectivity index (χ4n) is 0.603. The molecule has 6 heteroatoms. The summed E-state index contributed by atoms with van der Waals surface area (Å²) in [6.45, 7) is 2.30. The lowest BCUT2D eigenvalue weighted by atomic mass is 10.6. The fourth-order valence-corrected chi connectivity index (χ4v) is 0.603. The normalized spacial score (nSPS) is 20.2. The Balaban J connectivity index is 2.40. The number of hydrogen-bond acceptors (Lipinski definition) is 3. The van der Waals surface area contributed by atoms with Gasteiger partial charge in [-0.2, -0.15) is 0 Å². The van der Waals surface area contributed by atoms with Gasteiger partial charge in [0, 0.05) is 0 Å². The van der Waals surface area contributed by atoms with E-state index in [0.717, 1.165) is 0 Å². The maximum Gasteiger partial charge on any atom is 0.574 e. The fraction of sp³-hybridized carbons (Fsp3) is 0.600. The zero-order chi connectivity index (χ0) is 8.48. The molecule has 0 spiro atoms. The number of halogens is 3. The largest absolute Gasteiger partial charge is 0.574 e. The Kier molecular flexibility index (Phi) is 2.03. The van der Waals surface area contributed by atoms with E-state index in [0.29, 0.717) is 0 Å². The maximum atomic E-state index is 11.5. The first kappa shape index (κ1) is 8.32. The van der Waals surface area contributed by atoms with Gasteiger partial charge in [0.2, 0.25) is 12.6 Å². The number of hydrogen-bond donors (Lipinski definition) is 0. The smallest absolute Gasteiger partial charge is 0.391 e. The summed E-state index contributed by atoms with van der Waals surface area (Å²) in [6.07, 6.45) is -4.65. The van der Waals surface area contributed by atoms with Gasteiger partial charge < -0.3 is 4.74 Å². The Labute approximate surface area is 61.5 Å².